The number of nitrogens with one attached hydrogen (secondary N) is 1. The van der Waals surface area contributed by atoms with Gasteiger partial charge in [-0.3, -0.25) is 11.3 Å². The van der Waals surface area contributed by atoms with Gasteiger partial charge in [-0.15, -0.1) is 0 Å². The number of ether oxygens (including phenoxy) is 1. The average molecular weight is 283 g/mol. The van der Waals surface area contributed by atoms with Crippen LogP contribution in [0.25, 0.3) is 0 Å². The predicted octanol–water partition coefficient (Wildman–Crippen LogP) is 2.77. The maximum atomic E-state index is 6.04. The summed E-state index contributed by atoms with van der Waals surface area (Å²) in [6.45, 7) is 6.50. The highest BCUT2D eigenvalue weighted by atomic mass is 35.5. The van der Waals surface area contributed by atoms with Gasteiger partial charge >= 0.3 is 0 Å². The van der Waals surface area contributed by atoms with Crippen molar-refractivity contribution in [2.75, 3.05) is 0 Å². The minimum Gasteiger partial charge on any atom is -0.375 e. The highest BCUT2D eigenvalue weighted by Gasteiger charge is 2.41. The van der Waals surface area contributed by atoms with Crippen molar-refractivity contribution in [3.63, 3.8) is 0 Å². The molecule has 106 valence electrons. The van der Waals surface area contributed by atoms with Crippen molar-refractivity contribution in [1.82, 2.24) is 5.43 Å². The topological polar surface area (TPSA) is 47.3 Å². The molecule has 0 saturated carbocycles. The molecule has 1 fully saturated rings. The summed E-state index contributed by atoms with van der Waals surface area (Å²) in [7, 11) is 0. The van der Waals surface area contributed by atoms with E-state index in [4.69, 9.17) is 22.2 Å². The second kappa shape index (κ2) is 6.23. The van der Waals surface area contributed by atoms with Crippen LogP contribution in [-0.4, -0.2) is 18.2 Å². The van der Waals surface area contributed by atoms with Crippen LogP contribution in [0.1, 0.15) is 26.3 Å². The molecule has 5 unspecified atom stereocenters. The molecule has 1 aliphatic rings. The van der Waals surface area contributed by atoms with E-state index in [0.717, 1.165) is 11.4 Å². The highest BCUT2D eigenvalue weighted by molar-refractivity contribution is 6.30. The Labute approximate surface area is 120 Å². The molecule has 0 amide bonds. The number of hydrazine groups is 1. The van der Waals surface area contributed by atoms with Gasteiger partial charge in [0.25, 0.3) is 0 Å². The molecule has 5 atom stereocenters. The second-order valence-corrected chi connectivity index (χ2v) is 6.03. The molecule has 19 heavy (non-hydrogen) atoms. The molecule has 4 heteroatoms. The van der Waals surface area contributed by atoms with Gasteiger partial charge in [0.15, 0.2) is 0 Å². The van der Waals surface area contributed by atoms with Gasteiger partial charge in [0.05, 0.1) is 12.2 Å². The lowest BCUT2D eigenvalue weighted by Gasteiger charge is -2.28. The minimum absolute atomic E-state index is 0.202. The van der Waals surface area contributed by atoms with E-state index in [1.165, 1.54) is 5.56 Å². The molecule has 1 saturated heterocycles. The molecule has 3 nitrogen and oxygen atoms in total. The van der Waals surface area contributed by atoms with Crippen LogP contribution in [0.3, 0.4) is 0 Å². The van der Waals surface area contributed by atoms with E-state index in [-0.39, 0.29) is 18.2 Å². The minimum atomic E-state index is 0.202. The molecule has 0 spiro atoms. The molecular formula is C15H23ClN2O. The number of rotatable bonds is 4. The number of hydrogen-bond donors (Lipinski definition) is 2. The third kappa shape index (κ3) is 3.29. The smallest absolute Gasteiger partial charge is 0.0597 e. The van der Waals surface area contributed by atoms with Crippen LogP contribution in [0, 0.1) is 11.8 Å². The quantitative estimate of drug-likeness (QED) is 0.659. The van der Waals surface area contributed by atoms with Crippen molar-refractivity contribution in [1.29, 1.82) is 0 Å². The Balaban J connectivity index is 2.12. The molecule has 1 heterocycles. The number of nitrogens with two attached hydrogens (primary N) is 1. The maximum Gasteiger partial charge on any atom is 0.0597 e. The van der Waals surface area contributed by atoms with Crippen LogP contribution in [0.4, 0.5) is 0 Å². The van der Waals surface area contributed by atoms with Gasteiger partial charge in [0.2, 0.25) is 0 Å². The van der Waals surface area contributed by atoms with Crippen molar-refractivity contribution in [3.8, 4) is 0 Å². The molecule has 0 radical (unpaired) electrons. The van der Waals surface area contributed by atoms with Crippen LogP contribution in [-0.2, 0) is 11.2 Å². The van der Waals surface area contributed by atoms with Crippen LogP contribution >= 0.6 is 11.6 Å². The van der Waals surface area contributed by atoms with E-state index in [0.29, 0.717) is 11.8 Å². The summed E-state index contributed by atoms with van der Waals surface area (Å²) in [5, 5.41) is 0.769. The lowest BCUT2D eigenvalue weighted by Crippen LogP contribution is -2.46. The van der Waals surface area contributed by atoms with E-state index in [1.807, 2.05) is 18.2 Å². The van der Waals surface area contributed by atoms with Gasteiger partial charge in [0.1, 0.15) is 0 Å². The molecule has 1 aromatic rings. The van der Waals surface area contributed by atoms with Crippen LogP contribution in [0.15, 0.2) is 24.3 Å². The zero-order valence-corrected chi connectivity index (χ0v) is 12.5. The van der Waals surface area contributed by atoms with Gasteiger partial charge in [-0.05, 0) is 43.9 Å². The molecule has 0 aliphatic carbocycles. The zero-order valence-electron chi connectivity index (χ0n) is 11.8. The second-order valence-electron chi connectivity index (χ2n) is 5.59. The van der Waals surface area contributed by atoms with Gasteiger partial charge in [0, 0.05) is 17.0 Å². The van der Waals surface area contributed by atoms with E-state index in [2.05, 4.69) is 32.3 Å². The zero-order chi connectivity index (χ0) is 14.0. The summed E-state index contributed by atoms with van der Waals surface area (Å²) in [5.41, 5.74) is 4.17. The Kier molecular flexibility index (Phi) is 4.85. The summed E-state index contributed by atoms with van der Waals surface area (Å²) in [5.74, 6) is 6.68. The van der Waals surface area contributed by atoms with Crippen molar-refractivity contribution in [3.05, 3.63) is 34.9 Å². The number of hydrogen-bond acceptors (Lipinski definition) is 3. The molecule has 1 aromatic carbocycles. The lowest BCUT2D eigenvalue weighted by atomic mass is 9.81. The summed E-state index contributed by atoms with van der Waals surface area (Å²) < 4.78 is 5.91. The number of halogens is 1. The fraction of sp³-hybridized carbons (Fsp3) is 0.600. The first-order chi connectivity index (χ1) is 9.02. The standard InChI is InChI=1S/C15H23ClN2O/c1-9-10(2)19-11(3)15(9)14(18-17)8-12-5-4-6-13(16)7-12/h4-7,9-11,14-15,18H,8,17H2,1-3H3. The van der Waals surface area contributed by atoms with Crippen molar-refractivity contribution in [2.45, 2.75) is 45.4 Å². The molecular weight excluding hydrogens is 260 g/mol. The van der Waals surface area contributed by atoms with Gasteiger partial charge in [-0.2, -0.15) is 0 Å². The van der Waals surface area contributed by atoms with E-state index in [1.54, 1.807) is 0 Å². The summed E-state index contributed by atoms with van der Waals surface area (Å²) in [6.07, 6.45) is 1.38. The monoisotopic (exact) mass is 282 g/mol. The van der Waals surface area contributed by atoms with Crippen LogP contribution in [0.2, 0.25) is 5.02 Å². The Hall–Kier alpha value is -0.610. The van der Waals surface area contributed by atoms with Crippen molar-refractivity contribution in [2.24, 2.45) is 17.7 Å². The van der Waals surface area contributed by atoms with Crippen molar-refractivity contribution >= 4 is 11.6 Å². The molecule has 2 rings (SSSR count). The van der Waals surface area contributed by atoms with Gasteiger partial charge in [-0.1, -0.05) is 30.7 Å². The Morgan fingerprint density at radius 2 is 2.05 bits per heavy atom. The van der Waals surface area contributed by atoms with E-state index >= 15 is 0 Å². The van der Waals surface area contributed by atoms with Crippen LogP contribution < -0.4 is 11.3 Å². The Morgan fingerprint density at radius 3 is 2.58 bits per heavy atom. The third-order valence-corrected chi connectivity index (χ3v) is 4.58. The van der Waals surface area contributed by atoms with E-state index in [9.17, 15) is 0 Å². The average Bonchev–Trinajstić information content (AvgIpc) is 2.61. The van der Waals surface area contributed by atoms with Crippen LogP contribution in [0.5, 0.6) is 0 Å². The van der Waals surface area contributed by atoms with Gasteiger partial charge in [-0.25, -0.2) is 0 Å². The highest BCUT2D eigenvalue weighted by Crippen LogP contribution is 2.35. The molecule has 1 aliphatic heterocycles. The lowest BCUT2D eigenvalue weighted by molar-refractivity contribution is 0.0476. The first-order valence-corrected chi connectivity index (χ1v) is 7.26. The SMILES string of the molecule is CC1OC(C)C(C(Cc2cccc(Cl)c2)NN)C1C. The van der Waals surface area contributed by atoms with Crippen molar-refractivity contribution < 1.29 is 4.74 Å². The fourth-order valence-corrected chi connectivity index (χ4v) is 3.42. The third-order valence-electron chi connectivity index (χ3n) is 4.34. The molecule has 0 aromatic heterocycles. The first-order valence-electron chi connectivity index (χ1n) is 6.89. The maximum absolute atomic E-state index is 6.04. The predicted molar refractivity (Wildman–Crippen MR) is 78.9 cm³/mol. The normalized spacial score (nSPS) is 32.5. The molecule has 3 N–H and O–H groups in total. The first kappa shape index (κ1) is 14.8. The van der Waals surface area contributed by atoms with Gasteiger partial charge < -0.3 is 4.74 Å². The fourth-order valence-electron chi connectivity index (χ4n) is 3.21. The summed E-state index contributed by atoms with van der Waals surface area (Å²) in [4.78, 5) is 0. The summed E-state index contributed by atoms with van der Waals surface area (Å²) >= 11 is 6.04. The van der Waals surface area contributed by atoms with E-state index < -0.39 is 0 Å². The Bertz CT molecular complexity index is 426. The Morgan fingerprint density at radius 1 is 1.32 bits per heavy atom. The number of benzene rings is 1. The summed E-state index contributed by atoms with van der Waals surface area (Å²) in [6, 6.07) is 8.16. The largest absolute Gasteiger partial charge is 0.375 e. The molecule has 0 bridgehead atoms.